The summed E-state index contributed by atoms with van der Waals surface area (Å²) in [4.78, 5) is 25.9. The summed E-state index contributed by atoms with van der Waals surface area (Å²) in [5.74, 6) is 0.621. The van der Waals surface area contributed by atoms with Crippen LogP contribution in [0.25, 0.3) is 0 Å². The molecule has 164 valence electrons. The number of benzene rings is 2. The Bertz CT molecular complexity index is 987. The summed E-state index contributed by atoms with van der Waals surface area (Å²) in [7, 11) is 4.60. The lowest BCUT2D eigenvalue weighted by atomic mass is 10.1. The highest BCUT2D eigenvalue weighted by Gasteiger charge is 2.33. The normalized spacial score (nSPS) is 13.0. The van der Waals surface area contributed by atoms with Gasteiger partial charge in [-0.05, 0) is 42.8 Å². The lowest BCUT2D eigenvalue weighted by Gasteiger charge is -2.20. The summed E-state index contributed by atoms with van der Waals surface area (Å²) >= 11 is 0. The van der Waals surface area contributed by atoms with E-state index < -0.39 is 5.97 Å². The van der Waals surface area contributed by atoms with Gasteiger partial charge in [-0.3, -0.25) is 15.2 Å². The van der Waals surface area contributed by atoms with Crippen LogP contribution >= 0.6 is 0 Å². The van der Waals surface area contributed by atoms with Crippen molar-refractivity contribution in [3.8, 4) is 17.2 Å². The van der Waals surface area contributed by atoms with Gasteiger partial charge < -0.3 is 18.9 Å². The minimum Gasteiger partial charge on any atom is -0.497 e. The van der Waals surface area contributed by atoms with Crippen molar-refractivity contribution >= 4 is 11.8 Å². The van der Waals surface area contributed by atoms with E-state index in [2.05, 4.69) is 11.0 Å². The fourth-order valence-electron chi connectivity index (χ4n) is 3.11. The average molecular weight is 427 g/mol. The van der Waals surface area contributed by atoms with Crippen LogP contribution in [0.4, 0.5) is 0 Å². The first-order valence-electron chi connectivity index (χ1n) is 9.62. The molecule has 0 amide bonds. The van der Waals surface area contributed by atoms with Gasteiger partial charge in [-0.15, -0.1) is 5.53 Å². The van der Waals surface area contributed by atoms with Gasteiger partial charge in [0.2, 0.25) is 5.78 Å². The molecule has 1 heterocycles. The predicted octanol–water partition coefficient (Wildman–Crippen LogP) is 2.19. The van der Waals surface area contributed by atoms with Gasteiger partial charge >= 0.3 is 5.97 Å². The Hall–Kier alpha value is -3.72. The molecule has 0 atom stereocenters. The van der Waals surface area contributed by atoms with Crippen LogP contribution in [0.15, 0.2) is 53.9 Å². The number of ketones is 1. The van der Waals surface area contributed by atoms with Crippen LogP contribution in [0.2, 0.25) is 0 Å². The number of carbonyl (C=O) groups is 2. The number of methoxy groups -OCH3 is 3. The van der Waals surface area contributed by atoms with Crippen molar-refractivity contribution in [3.63, 3.8) is 0 Å². The fraction of sp³-hybridized carbons (Fsp3) is 0.273. The maximum atomic E-state index is 13.4. The zero-order valence-electron chi connectivity index (χ0n) is 17.9. The number of esters is 1. The molecule has 1 aliphatic rings. The zero-order chi connectivity index (χ0) is 22.4. The summed E-state index contributed by atoms with van der Waals surface area (Å²) in [6.45, 7) is 2.19. The van der Waals surface area contributed by atoms with Gasteiger partial charge in [0, 0.05) is 5.56 Å². The number of nitrogens with one attached hydrogen (secondary N) is 2. The van der Waals surface area contributed by atoms with Crippen LogP contribution in [0.5, 0.6) is 17.2 Å². The number of carbonyl (C=O) groups excluding carboxylic acids is 2. The van der Waals surface area contributed by atoms with E-state index in [0.29, 0.717) is 23.6 Å². The number of allylic oxidation sites excluding steroid dienone is 1. The number of hydrazine groups is 2. The quantitative estimate of drug-likeness (QED) is 0.461. The van der Waals surface area contributed by atoms with Gasteiger partial charge in [0.1, 0.15) is 11.4 Å². The molecule has 0 aromatic heterocycles. The summed E-state index contributed by atoms with van der Waals surface area (Å²) < 4.78 is 20.8. The van der Waals surface area contributed by atoms with Crippen LogP contribution < -0.4 is 25.2 Å². The second-order valence-electron chi connectivity index (χ2n) is 6.51. The van der Waals surface area contributed by atoms with Crippen LogP contribution in [0.1, 0.15) is 22.8 Å². The lowest BCUT2D eigenvalue weighted by Crippen LogP contribution is -2.39. The van der Waals surface area contributed by atoms with Crippen LogP contribution in [-0.4, -0.2) is 44.7 Å². The van der Waals surface area contributed by atoms with E-state index in [1.807, 2.05) is 24.3 Å². The molecule has 2 aromatic carbocycles. The SMILES string of the molecule is CCOC(=O)C1=C(C(=O)c2ccc(OC)c(OC)c2)N(Cc2ccc(OC)cc2)NN1. The molecule has 9 nitrogen and oxygen atoms in total. The van der Waals surface area contributed by atoms with Crippen LogP contribution in [0, 0.1) is 0 Å². The second-order valence-corrected chi connectivity index (χ2v) is 6.51. The molecule has 0 unspecified atom stereocenters. The predicted molar refractivity (Wildman–Crippen MR) is 112 cm³/mol. The number of hydrogen-bond acceptors (Lipinski definition) is 9. The van der Waals surface area contributed by atoms with Crippen molar-refractivity contribution in [3.05, 3.63) is 65.0 Å². The van der Waals surface area contributed by atoms with E-state index in [1.54, 1.807) is 37.2 Å². The zero-order valence-corrected chi connectivity index (χ0v) is 17.9. The Morgan fingerprint density at radius 2 is 1.65 bits per heavy atom. The fourth-order valence-corrected chi connectivity index (χ4v) is 3.11. The van der Waals surface area contributed by atoms with Crippen molar-refractivity contribution in [1.82, 2.24) is 16.0 Å². The van der Waals surface area contributed by atoms with E-state index in [9.17, 15) is 9.59 Å². The van der Waals surface area contributed by atoms with Crippen molar-refractivity contribution in [2.24, 2.45) is 0 Å². The number of nitrogens with zero attached hydrogens (tertiary/aromatic N) is 1. The van der Waals surface area contributed by atoms with Gasteiger partial charge in [0.05, 0.1) is 34.5 Å². The third-order valence-corrected chi connectivity index (χ3v) is 4.66. The standard InChI is InChI=1S/C22H25N3O6/c1-5-31-22(27)19-20(21(26)15-8-11-17(29-3)18(12-15)30-4)25(24-23-19)13-14-6-9-16(28-2)10-7-14/h6-12,23-24H,5,13H2,1-4H3. The van der Waals surface area contributed by atoms with E-state index >= 15 is 0 Å². The Labute approximate surface area is 180 Å². The monoisotopic (exact) mass is 427 g/mol. The Morgan fingerprint density at radius 1 is 0.935 bits per heavy atom. The van der Waals surface area contributed by atoms with Crippen LogP contribution in [0.3, 0.4) is 0 Å². The highest BCUT2D eigenvalue weighted by molar-refractivity contribution is 6.12. The van der Waals surface area contributed by atoms with Crippen molar-refractivity contribution in [2.75, 3.05) is 27.9 Å². The average Bonchev–Trinajstić information content (AvgIpc) is 3.22. The summed E-state index contributed by atoms with van der Waals surface area (Å²) in [5, 5.41) is 1.56. The highest BCUT2D eigenvalue weighted by Crippen LogP contribution is 2.30. The molecule has 0 fully saturated rings. The first-order valence-corrected chi connectivity index (χ1v) is 9.62. The molecule has 0 aliphatic carbocycles. The number of ether oxygens (including phenoxy) is 4. The molecule has 2 aromatic rings. The molecule has 1 aliphatic heterocycles. The number of rotatable bonds is 9. The first-order chi connectivity index (χ1) is 15.0. The third kappa shape index (κ3) is 4.72. The lowest BCUT2D eigenvalue weighted by molar-refractivity contribution is -0.139. The first kappa shape index (κ1) is 22.0. The molecule has 2 N–H and O–H groups in total. The van der Waals surface area contributed by atoms with Gasteiger partial charge in [-0.2, -0.15) is 0 Å². The molecule has 0 saturated carbocycles. The number of Topliss-reactive ketones (excluding diaryl/α,β-unsaturated/α-hetero) is 1. The molecular weight excluding hydrogens is 402 g/mol. The largest absolute Gasteiger partial charge is 0.497 e. The van der Waals surface area contributed by atoms with E-state index in [-0.39, 0.29) is 23.8 Å². The van der Waals surface area contributed by atoms with Gasteiger partial charge in [-0.1, -0.05) is 12.1 Å². The van der Waals surface area contributed by atoms with E-state index in [4.69, 9.17) is 18.9 Å². The smallest absolute Gasteiger partial charge is 0.358 e. The summed E-state index contributed by atoms with van der Waals surface area (Å²) in [6, 6.07) is 12.2. The van der Waals surface area contributed by atoms with Gasteiger partial charge in [-0.25, -0.2) is 4.79 Å². The Balaban J connectivity index is 1.97. The molecule has 31 heavy (non-hydrogen) atoms. The van der Waals surface area contributed by atoms with Gasteiger partial charge in [0.15, 0.2) is 17.2 Å². The Kier molecular flexibility index (Phi) is 6.99. The van der Waals surface area contributed by atoms with E-state index in [1.165, 1.54) is 14.2 Å². The molecule has 9 heteroatoms. The third-order valence-electron chi connectivity index (χ3n) is 4.66. The van der Waals surface area contributed by atoms with Crippen LogP contribution in [-0.2, 0) is 16.1 Å². The summed E-state index contributed by atoms with van der Waals surface area (Å²) in [6.07, 6.45) is 0. The highest BCUT2D eigenvalue weighted by atomic mass is 16.5. The number of hydrogen-bond donors (Lipinski definition) is 2. The minimum atomic E-state index is -0.629. The summed E-state index contributed by atoms with van der Waals surface area (Å²) in [5.41, 5.74) is 7.05. The van der Waals surface area contributed by atoms with Crippen molar-refractivity contribution < 1.29 is 28.5 Å². The maximum Gasteiger partial charge on any atom is 0.358 e. The Morgan fingerprint density at radius 3 is 2.26 bits per heavy atom. The van der Waals surface area contributed by atoms with Crippen molar-refractivity contribution in [2.45, 2.75) is 13.5 Å². The molecule has 0 radical (unpaired) electrons. The molecular formula is C22H25N3O6. The molecule has 0 spiro atoms. The van der Waals surface area contributed by atoms with Gasteiger partial charge in [0.25, 0.3) is 0 Å². The molecule has 3 rings (SSSR count). The topological polar surface area (TPSA) is 98.4 Å². The van der Waals surface area contributed by atoms with Crippen molar-refractivity contribution in [1.29, 1.82) is 0 Å². The van der Waals surface area contributed by atoms with E-state index in [0.717, 1.165) is 11.3 Å². The molecule has 0 saturated heterocycles. The maximum absolute atomic E-state index is 13.4. The minimum absolute atomic E-state index is 0.0372. The second kappa shape index (κ2) is 9.86. The molecule has 0 bridgehead atoms.